The molecule has 148 valence electrons. The van der Waals surface area contributed by atoms with Gasteiger partial charge in [0.1, 0.15) is 0 Å². The minimum Gasteiger partial charge on any atom is -0.450 e. The van der Waals surface area contributed by atoms with E-state index in [1.807, 2.05) is 12.1 Å². The third kappa shape index (κ3) is 4.79. The maximum atomic E-state index is 12.8. The van der Waals surface area contributed by atoms with Crippen LogP contribution >= 0.6 is 0 Å². The number of hydrogen-bond donors (Lipinski definition) is 1. The average molecular weight is 382 g/mol. The van der Waals surface area contributed by atoms with Crippen LogP contribution in [0.2, 0.25) is 0 Å². The molecule has 1 aliphatic rings. The van der Waals surface area contributed by atoms with Crippen LogP contribution in [0.4, 0.5) is 16.2 Å². The van der Waals surface area contributed by atoms with E-state index < -0.39 is 0 Å². The maximum Gasteiger partial charge on any atom is 0.409 e. The number of carbonyl (C=O) groups excluding carboxylic acids is 2. The van der Waals surface area contributed by atoms with Crippen molar-refractivity contribution < 1.29 is 14.3 Å². The van der Waals surface area contributed by atoms with Crippen LogP contribution in [-0.2, 0) is 11.2 Å². The molecule has 0 unspecified atom stereocenters. The summed E-state index contributed by atoms with van der Waals surface area (Å²) < 4.78 is 5.01. The molecule has 1 aromatic heterocycles. The number of aryl methyl sites for hydroxylation is 1. The van der Waals surface area contributed by atoms with Crippen LogP contribution in [0.3, 0.4) is 0 Å². The van der Waals surface area contributed by atoms with E-state index >= 15 is 0 Å². The van der Waals surface area contributed by atoms with Crippen molar-refractivity contribution >= 4 is 23.4 Å². The van der Waals surface area contributed by atoms with Gasteiger partial charge in [-0.05, 0) is 37.1 Å². The Balaban J connectivity index is 1.61. The first kappa shape index (κ1) is 19.7. The molecule has 2 heterocycles. The summed E-state index contributed by atoms with van der Waals surface area (Å²) in [5.41, 5.74) is 3.52. The van der Waals surface area contributed by atoms with Gasteiger partial charge in [-0.15, -0.1) is 0 Å². The van der Waals surface area contributed by atoms with Gasteiger partial charge in [-0.25, -0.2) is 4.79 Å². The maximum absolute atomic E-state index is 12.8. The Hall–Kier alpha value is -3.09. The van der Waals surface area contributed by atoms with Crippen LogP contribution in [0, 0.1) is 0 Å². The summed E-state index contributed by atoms with van der Waals surface area (Å²) in [5, 5.41) is 3.29. The summed E-state index contributed by atoms with van der Waals surface area (Å²) in [7, 11) is 0. The fourth-order valence-electron chi connectivity index (χ4n) is 3.11. The Morgan fingerprint density at radius 1 is 1.00 bits per heavy atom. The van der Waals surface area contributed by atoms with E-state index in [1.165, 1.54) is 5.56 Å². The van der Waals surface area contributed by atoms with E-state index in [1.54, 1.807) is 35.2 Å². The molecule has 1 aliphatic heterocycles. The Kier molecular flexibility index (Phi) is 6.47. The van der Waals surface area contributed by atoms with Crippen molar-refractivity contribution in [1.29, 1.82) is 0 Å². The molecule has 0 bridgehead atoms. The van der Waals surface area contributed by atoms with Crippen LogP contribution in [0.5, 0.6) is 0 Å². The Bertz CT molecular complexity index is 815. The highest BCUT2D eigenvalue weighted by atomic mass is 16.6. The van der Waals surface area contributed by atoms with Gasteiger partial charge in [0, 0.05) is 38.1 Å². The van der Waals surface area contributed by atoms with E-state index in [-0.39, 0.29) is 12.0 Å². The van der Waals surface area contributed by atoms with Gasteiger partial charge in [0.2, 0.25) is 0 Å². The highest BCUT2D eigenvalue weighted by Gasteiger charge is 2.25. The summed E-state index contributed by atoms with van der Waals surface area (Å²) in [6, 6.07) is 9.99. The summed E-state index contributed by atoms with van der Waals surface area (Å²) in [4.78, 5) is 32.2. The summed E-state index contributed by atoms with van der Waals surface area (Å²) in [5.74, 6) is -0.0824. The van der Waals surface area contributed by atoms with Crippen molar-refractivity contribution in [1.82, 2.24) is 14.8 Å². The fraction of sp³-hybridized carbons (Fsp3) is 0.381. The third-order valence-electron chi connectivity index (χ3n) is 4.73. The predicted molar refractivity (Wildman–Crippen MR) is 108 cm³/mol. The van der Waals surface area contributed by atoms with Crippen LogP contribution in [-0.4, -0.2) is 59.6 Å². The highest BCUT2D eigenvalue weighted by molar-refractivity contribution is 5.95. The molecule has 0 spiro atoms. The topological polar surface area (TPSA) is 74.8 Å². The predicted octanol–water partition coefficient (Wildman–Crippen LogP) is 3.30. The van der Waals surface area contributed by atoms with Gasteiger partial charge >= 0.3 is 6.09 Å². The monoisotopic (exact) mass is 382 g/mol. The van der Waals surface area contributed by atoms with Crippen LogP contribution < -0.4 is 5.32 Å². The molecule has 0 atom stereocenters. The first-order chi connectivity index (χ1) is 13.6. The van der Waals surface area contributed by atoms with Gasteiger partial charge in [0.05, 0.1) is 24.1 Å². The SMILES string of the molecule is CCOC(=O)N1CCN(C(=O)c2cncc(Nc3ccc(CC)cc3)c2)CC1. The number of piperazine rings is 1. The van der Waals surface area contributed by atoms with Crippen molar-refractivity contribution in [2.45, 2.75) is 20.3 Å². The molecule has 1 N–H and O–H groups in total. The molecule has 1 aromatic carbocycles. The highest BCUT2D eigenvalue weighted by Crippen LogP contribution is 2.19. The zero-order chi connectivity index (χ0) is 19.9. The second-order valence-corrected chi connectivity index (χ2v) is 6.62. The molecule has 1 saturated heterocycles. The molecule has 3 rings (SSSR count). The fourth-order valence-corrected chi connectivity index (χ4v) is 3.11. The number of amides is 2. The van der Waals surface area contributed by atoms with E-state index in [0.717, 1.165) is 17.8 Å². The minimum atomic E-state index is -0.323. The van der Waals surface area contributed by atoms with E-state index in [0.29, 0.717) is 38.3 Å². The van der Waals surface area contributed by atoms with Crippen LogP contribution in [0.1, 0.15) is 29.8 Å². The van der Waals surface area contributed by atoms with E-state index in [4.69, 9.17) is 4.74 Å². The summed E-state index contributed by atoms with van der Waals surface area (Å²) in [6.07, 6.45) is 3.95. The van der Waals surface area contributed by atoms with Crippen molar-refractivity contribution in [3.05, 3.63) is 53.9 Å². The second-order valence-electron chi connectivity index (χ2n) is 6.62. The summed E-state index contributed by atoms with van der Waals surface area (Å²) in [6.45, 7) is 6.16. The van der Waals surface area contributed by atoms with E-state index in [2.05, 4.69) is 29.4 Å². The average Bonchev–Trinajstić information content (AvgIpc) is 2.74. The number of pyridine rings is 1. The molecule has 0 aliphatic carbocycles. The first-order valence-electron chi connectivity index (χ1n) is 9.62. The zero-order valence-corrected chi connectivity index (χ0v) is 16.4. The van der Waals surface area contributed by atoms with Crippen LogP contribution in [0.15, 0.2) is 42.7 Å². The molecular formula is C21H26N4O3. The Labute approximate surface area is 165 Å². The standard InChI is InChI=1S/C21H26N4O3/c1-3-16-5-7-18(8-6-16)23-19-13-17(14-22-15-19)20(26)24-9-11-25(12-10-24)21(27)28-4-2/h5-8,13-15,23H,3-4,9-12H2,1-2H3. The number of nitrogens with one attached hydrogen (secondary N) is 1. The number of anilines is 2. The van der Waals surface area contributed by atoms with Gasteiger partial charge in [0.15, 0.2) is 0 Å². The van der Waals surface area contributed by atoms with Crippen molar-refractivity contribution in [3.8, 4) is 0 Å². The molecule has 2 amide bonds. The van der Waals surface area contributed by atoms with Crippen LogP contribution in [0.25, 0.3) is 0 Å². The van der Waals surface area contributed by atoms with Gasteiger partial charge in [-0.3, -0.25) is 9.78 Å². The molecule has 0 radical (unpaired) electrons. The Morgan fingerprint density at radius 2 is 1.68 bits per heavy atom. The quantitative estimate of drug-likeness (QED) is 0.859. The number of benzene rings is 1. The van der Waals surface area contributed by atoms with Gasteiger partial charge in [0.25, 0.3) is 5.91 Å². The number of carbonyl (C=O) groups is 2. The smallest absolute Gasteiger partial charge is 0.409 e. The van der Waals surface area contributed by atoms with E-state index in [9.17, 15) is 9.59 Å². The number of hydrogen-bond acceptors (Lipinski definition) is 5. The lowest BCUT2D eigenvalue weighted by molar-refractivity contribution is 0.0570. The molecular weight excluding hydrogens is 356 g/mol. The van der Waals surface area contributed by atoms with Gasteiger partial charge in [-0.1, -0.05) is 19.1 Å². The van der Waals surface area contributed by atoms with Gasteiger partial charge in [-0.2, -0.15) is 0 Å². The van der Waals surface area contributed by atoms with Crippen molar-refractivity contribution in [3.63, 3.8) is 0 Å². The Morgan fingerprint density at radius 3 is 2.32 bits per heavy atom. The lowest BCUT2D eigenvalue weighted by Crippen LogP contribution is -2.50. The molecule has 7 heteroatoms. The molecule has 7 nitrogen and oxygen atoms in total. The molecule has 2 aromatic rings. The largest absolute Gasteiger partial charge is 0.450 e. The number of nitrogens with zero attached hydrogens (tertiary/aromatic N) is 3. The second kappa shape index (κ2) is 9.21. The normalized spacial score (nSPS) is 13.9. The first-order valence-corrected chi connectivity index (χ1v) is 9.62. The number of aromatic nitrogens is 1. The van der Waals surface area contributed by atoms with Gasteiger partial charge < -0.3 is 19.9 Å². The molecule has 28 heavy (non-hydrogen) atoms. The lowest BCUT2D eigenvalue weighted by atomic mass is 10.1. The third-order valence-corrected chi connectivity index (χ3v) is 4.73. The minimum absolute atomic E-state index is 0.0824. The number of rotatable bonds is 5. The number of ether oxygens (including phenoxy) is 1. The summed E-state index contributed by atoms with van der Waals surface area (Å²) >= 11 is 0. The molecule has 1 fully saturated rings. The molecule has 0 saturated carbocycles. The van der Waals surface area contributed by atoms with Crippen molar-refractivity contribution in [2.75, 3.05) is 38.1 Å². The zero-order valence-electron chi connectivity index (χ0n) is 16.4. The lowest BCUT2D eigenvalue weighted by Gasteiger charge is -2.34. The van der Waals surface area contributed by atoms with Crippen molar-refractivity contribution in [2.24, 2.45) is 0 Å².